The van der Waals surface area contributed by atoms with Crippen molar-refractivity contribution < 1.29 is 17.9 Å². The van der Waals surface area contributed by atoms with Gasteiger partial charge in [-0.25, -0.2) is 8.42 Å². The SMILES string of the molecule is CCOc1ccc(S(=O)(=O)N(CC(=O)N[C@H](c2ccccc2)c2ccccc2C)c2ccc(C)cc2)cc1. The number of sulfonamides is 1. The number of hydrogen-bond donors (Lipinski definition) is 1. The minimum Gasteiger partial charge on any atom is -0.494 e. The van der Waals surface area contributed by atoms with Crippen molar-refractivity contribution in [2.75, 3.05) is 17.5 Å². The first-order chi connectivity index (χ1) is 18.3. The second-order valence-corrected chi connectivity index (χ2v) is 10.9. The van der Waals surface area contributed by atoms with Gasteiger partial charge >= 0.3 is 0 Å². The molecule has 0 heterocycles. The summed E-state index contributed by atoms with van der Waals surface area (Å²) in [5.41, 5.74) is 4.28. The molecule has 4 rings (SSSR count). The predicted molar refractivity (Wildman–Crippen MR) is 151 cm³/mol. The number of carbonyl (C=O) groups excluding carboxylic acids is 1. The molecule has 0 aliphatic heterocycles. The van der Waals surface area contributed by atoms with E-state index in [-0.39, 0.29) is 11.4 Å². The van der Waals surface area contributed by atoms with Gasteiger partial charge < -0.3 is 10.1 Å². The van der Waals surface area contributed by atoms with Crippen LogP contribution in [0.1, 0.15) is 35.2 Å². The topological polar surface area (TPSA) is 75.7 Å². The van der Waals surface area contributed by atoms with Crippen molar-refractivity contribution in [2.45, 2.75) is 31.7 Å². The summed E-state index contributed by atoms with van der Waals surface area (Å²) in [5.74, 6) is 0.159. The van der Waals surface area contributed by atoms with Gasteiger partial charge in [0.2, 0.25) is 5.91 Å². The first-order valence-corrected chi connectivity index (χ1v) is 14.0. The van der Waals surface area contributed by atoms with Gasteiger partial charge in [0.25, 0.3) is 10.0 Å². The van der Waals surface area contributed by atoms with Crippen LogP contribution in [-0.2, 0) is 14.8 Å². The van der Waals surface area contributed by atoms with Crippen molar-refractivity contribution >= 4 is 21.6 Å². The Morgan fingerprint density at radius 1 is 0.842 bits per heavy atom. The second-order valence-electron chi connectivity index (χ2n) is 9.02. The molecule has 1 atom stereocenters. The number of rotatable bonds is 10. The highest BCUT2D eigenvalue weighted by molar-refractivity contribution is 7.92. The van der Waals surface area contributed by atoms with Crippen molar-refractivity contribution in [3.63, 3.8) is 0 Å². The highest BCUT2D eigenvalue weighted by atomic mass is 32.2. The average Bonchev–Trinajstić information content (AvgIpc) is 2.92. The summed E-state index contributed by atoms with van der Waals surface area (Å²) in [6.45, 7) is 5.88. The Labute approximate surface area is 225 Å². The third-order valence-corrected chi connectivity index (χ3v) is 8.06. The van der Waals surface area contributed by atoms with Crippen molar-refractivity contribution in [1.82, 2.24) is 5.32 Å². The number of amides is 1. The van der Waals surface area contributed by atoms with E-state index in [1.54, 1.807) is 24.3 Å². The standard InChI is InChI=1S/C31H32N2O4S/c1-4-37-27-18-20-28(21-19-27)38(35,36)33(26-16-14-23(2)15-17-26)22-30(34)32-31(25-11-6-5-7-12-25)29-13-9-8-10-24(29)3/h5-21,31H,4,22H2,1-3H3,(H,32,34)/t31-/m1/s1. The lowest BCUT2D eigenvalue weighted by molar-refractivity contribution is -0.120. The maximum Gasteiger partial charge on any atom is 0.264 e. The molecule has 6 nitrogen and oxygen atoms in total. The summed E-state index contributed by atoms with van der Waals surface area (Å²) in [7, 11) is -4.05. The van der Waals surface area contributed by atoms with Gasteiger partial charge in [-0.05, 0) is 73.9 Å². The van der Waals surface area contributed by atoms with Gasteiger partial charge in [-0.1, -0.05) is 72.3 Å². The van der Waals surface area contributed by atoms with Crippen molar-refractivity contribution in [3.8, 4) is 5.75 Å². The van der Waals surface area contributed by atoms with Gasteiger partial charge in [0.05, 0.1) is 23.2 Å². The average molecular weight is 529 g/mol. The van der Waals surface area contributed by atoms with E-state index in [0.29, 0.717) is 18.0 Å². The smallest absolute Gasteiger partial charge is 0.264 e. The van der Waals surface area contributed by atoms with Crippen LogP contribution in [0.2, 0.25) is 0 Å². The minimum atomic E-state index is -4.05. The number of carbonyl (C=O) groups is 1. The molecule has 0 saturated heterocycles. The molecule has 0 bridgehead atoms. The quantitative estimate of drug-likeness (QED) is 0.282. The molecule has 0 aromatic heterocycles. The van der Waals surface area contributed by atoms with Gasteiger partial charge in [-0.2, -0.15) is 0 Å². The zero-order valence-electron chi connectivity index (χ0n) is 21.8. The van der Waals surface area contributed by atoms with E-state index in [2.05, 4.69) is 5.32 Å². The number of nitrogens with zero attached hydrogens (tertiary/aromatic N) is 1. The Balaban J connectivity index is 1.68. The number of ether oxygens (including phenoxy) is 1. The van der Waals surface area contributed by atoms with E-state index in [1.165, 1.54) is 12.1 Å². The van der Waals surface area contributed by atoms with Crippen LogP contribution in [0.4, 0.5) is 5.69 Å². The molecular weight excluding hydrogens is 496 g/mol. The third-order valence-electron chi connectivity index (χ3n) is 6.27. The van der Waals surface area contributed by atoms with E-state index in [4.69, 9.17) is 4.74 Å². The first kappa shape index (κ1) is 26.9. The summed E-state index contributed by atoms with van der Waals surface area (Å²) >= 11 is 0. The molecule has 38 heavy (non-hydrogen) atoms. The lowest BCUT2D eigenvalue weighted by Crippen LogP contribution is -2.42. The van der Waals surface area contributed by atoms with E-state index in [1.807, 2.05) is 87.5 Å². The molecule has 4 aromatic carbocycles. The summed E-state index contributed by atoms with van der Waals surface area (Å²) in [6, 6.07) is 30.4. The Morgan fingerprint density at radius 2 is 1.47 bits per heavy atom. The Bertz CT molecular complexity index is 1470. The van der Waals surface area contributed by atoms with Crippen molar-refractivity contribution in [1.29, 1.82) is 0 Å². The molecule has 0 saturated carbocycles. The van der Waals surface area contributed by atoms with E-state index in [0.717, 1.165) is 26.6 Å². The molecule has 7 heteroatoms. The van der Waals surface area contributed by atoms with Gasteiger partial charge in [0.1, 0.15) is 12.3 Å². The van der Waals surface area contributed by atoms with Crippen molar-refractivity contribution in [3.05, 3.63) is 125 Å². The molecule has 1 amide bonds. The van der Waals surface area contributed by atoms with Gasteiger partial charge in [0, 0.05) is 0 Å². The molecular formula is C31H32N2O4S. The van der Waals surface area contributed by atoms with Crippen LogP contribution in [-0.4, -0.2) is 27.5 Å². The molecule has 1 N–H and O–H groups in total. The molecule has 4 aromatic rings. The number of aryl methyl sites for hydroxylation is 2. The Morgan fingerprint density at radius 3 is 2.11 bits per heavy atom. The van der Waals surface area contributed by atoms with Crippen LogP contribution in [0.5, 0.6) is 5.75 Å². The third kappa shape index (κ3) is 6.23. The fourth-order valence-electron chi connectivity index (χ4n) is 4.26. The van der Waals surface area contributed by atoms with Crippen LogP contribution < -0.4 is 14.4 Å². The normalized spacial score (nSPS) is 12.0. The maximum atomic E-state index is 13.8. The molecule has 0 radical (unpaired) electrons. The fourth-order valence-corrected chi connectivity index (χ4v) is 5.68. The van der Waals surface area contributed by atoms with E-state index >= 15 is 0 Å². The molecule has 196 valence electrons. The summed E-state index contributed by atoms with van der Waals surface area (Å²) in [4.78, 5) is 13.6. The molecule has 0 fully saturated rings. The lowest BCUT2D eigenvalue weighted by atomic mass is 9.95. The molecule has 0 spiro atoms. The second kappa shape index (κ2) is 12.0. The van der Waals surface area contributed by atoms with Gasteiger partial charge in [0.15, 0.2) is 0 Å². The summed E-state index contributed by atoms with van der Waals surface area (Å²) in [5, 5.41) is 3.09. The predicted octanol–water partition coefficient (Wildman–Crippen LogP) is 5.80. The molecule has 0 aliphatic rings. The largest absolute Gasteiger partial charge is 0.494 e. The minimum absolute atomic E-state index is 0.0767. The number of benzene rings is 4. The van der Waals surface area contributed by atoms with Crippen LogP contribution in [0, 0.1) is 13.8 Å². The summed E-state index contributed by atoms with van der Waals surface area (Å²) in [6.07, 6.45) is 0. The highest BCUT2D eigenvalue weighted by Crippen LogP contribution is 2.27. The Hall–Kier alpha value is -4.10. The summed E-state index contributed by atoms with van der Waals surface area (Å²) < 4.78 is 34.2. The van der Waals surface area contributed by atoms with Crippen LogP contribution in [0.25, 0.3) is 0 Å². The van der Waals surface area contributed by atoms with E-state index in [9.17, 15) is 13.2 Å². The zero-order chi connectivity index (χ0) is 27.1. The van der Waals surface area contributed by atoms with Crippen LogP contribution in [0.3, 0.4) is 0 Å². The lowest BCUT2D eigenvalue weighted by Gasteiger charge is -2.27. The van der Waals surface area contributed by atoms with Crippen LogP contribution in [0.15, 0.2) is 108 Å². The monoisotopic (exact) mass is 528 g/mol. The van der Waals surface area contributed by atoms with Crippen molar-refractivity contribution in [2.24, 2.45) is 0 Å². The zero-order valence-corrected chi connectivity index (χ0v) is 22.6. The fraction of sp³-hybridized carbons (Fsp3) is 0.194. The number of nitrogens with one attached hydrogen (secondary N) is 1. The molecule has 0 aliphatic carbocycles. The molecule has 0 unspecified atom stereocenters. The maximum absolute atomic E-state index is 13.8. The number of anilines is 1. The van der Waals surface area contributed by atoms with Crippen LogP contribution >= 0.6 is 0 Å². The Kier molecular flexibility index (Phi) is 8.48. The van der Waals surface area contributed by atoms with E-state index < -0.39 is 22.0 Å². The van der Waals surface area contributed by atoms with Gasteiger partial charge in [-0.3, -0.25) is 9.10 Å². The first-order valence-electron chi connectivity index (χ1n) is 12.5. The number of hydrogen-bond acceptors (Lipinski definition) is 4. The van der Waals surface area contributed by atoms with Gasteiger partial charge in [-0.15, -0.1) is 0 Å². The highest BCUT2D eigenvalue weighted by Gasteiger charge is 2.29.